The quantitative estimate of drug-likeness (QED) is 0.843. The summed E-state index contributed by atoms with van der Waals surface area (Å²) in [6.07, 6.45) is 5.91. The minimum atomic E-state index is -0.349. The third-order valence-electron chi connectivity index (χ3n) is 4.77. The van der Waals surface area contributed by atoms with E-state index in [0.717, 1.165) is 38.8 Å². The lowest BCUT2D eigenvalue weighted by molar-refractivity contribution is -0.138. The second-order valence-corrected chi connectivity index (χ2v) is 6.18. The number of nitrogens with one attached hydrogen (secondary N) is 1. The van der Waals surface area contributed by atoms with E-state index in [1.54, 1.807) is 0 Å². The van der Waals surface area contributed by atoms with Crippen molar-refractivity contribution in [2.75, 3.05) is 19.6 Å². The van der Waals surface area contributed by atoms with Gasteiger partial charge in [0.25, 0.3) is 0 Å². The van der Waals surface area contributed by atoms with Gasteiger partial charge in [0.05, 0.1) is 5.41 Å². The van der Waals surface area contributed by atoms with Crippen LogP contribution in [0.1, 0.15) is 31.2 Å². The molecule has 1 N–H and O–H groups in total. The Labute approximate surface area is 127 Å². The monoisotopic (exact) mass is 284 g/mol. The summed E-state index contributed by atoms with van der Waals surface area (Å²) in [7, 11) is 0. The summed E-state index contributed by atoms with van der Waals surface area (Å²) in [4.78, 5) is 15.4. The van der Waals surface area contributed by atoms with Crippen molar-refractivity contribution in [3.05, 3.63) is 48.6 Å². The van der Waals surface area contributed by atoms with Crippen molar-refractivity contribution in [2.24, 2.45) is 0 Å². The van der Waals surface area contributed by atoms with Gasteiger partial charge in [0, 0.05) is 12.6 Å². The van der Waals surface area contributed by atoms with Crippen LogP contribution in [-0.4, -0.2) is 36.5 Å². The molecule has 112 valence electrons. The fraction of sp³-hybridized carbons (Fsp3) is 0.500. The number of benzene rings is 1. The fourth-order valence-electron chi connectivity index (χ4n) is 3.43. The molecular weight excluding hydrogens is 260 g/mol. The van der Waals surface area contributed by atoms with Gasteiger partial charge >= 0.3 is 0 Å². The maximum atomic E-state index is 13.3. The summed E-state index contributed by atoms with van der Waals surface area (Å²) in [6.45, 7) is 6.32. The SMILES string of the molecule is C=CCN(C(=O)C1(c2ccccc2)CCNCC1)C1CC1. The normalized spacial score (nSPS) is 20.8. The van der Waals surface area contributed by atoms with Crippen molar-refractivity contribution in [3.8, 4) is 0 Å². The van der Waals surface area contributed by atoms with E-state index in [2.05, 4.69) is 28.9 Å². The van der Waals surface area contributed by atoms with Crippen LogP contribution in [0.4, 0.5) is 0 Å². The van der Waals surface area contributed by atoms with Crippen LogP contribution in [0.15, 0.2) is 43.0 Å². The zero-order chi connectivity index (χ0) is 14.7. The van der Waals surface area contributed by atoms with Crippen LogP contribution >= 0.6 is 0 Å². The maximum absolute atomic E-state index is 13.3. The number of nitrogens with zero attached hydrogens (tertiary/aromatic N) is 1. The molecule has 2 aliphatic rings. The molecule has 3 rings (SSSR count). The molecule has 0 bridgehead atoms. The van der Waals surface area contributed by atoms with Crippen molar-refractivity contribution in [2.45, 2.75) is 37.1 Å². The van der Waals surface area contributed by atoms with Gasteiger partial charge in [-0.25, -0.2) is 0 Å². The van der Waals surface area contributed by atoms with E-state index in [-0.39, 0.29) is 5.41 Å². The first-order chi connectivity index (χ1) is 10.3. The van der Waals surface area contributed by atoms with Gasteiger partial charge in [0.2, 0.25) is 5.91 Å². The molecule has 3 nitrogen and oxygen atoms in total. The highest BCUT2D eigenvalue weighted by atomic mass is 16.2. The predicted octanol–water partition coefficient (Wildman–Crippen LogP) is 2.48. The molecule has 1 aromatic rings. The Morgan fingerprint density at radius 1 is 1.29 bits per heavy atom. The van der Waals surface area contributed by atoms with E-state index < -0.39 is 0 Å². The van der Waals surface area contributed by atoms with Gasteiger partial charge in [-0.3, -0.25) is 4.79 Å². The fourth-order valence-corrected chi connectivity index (χ4v) is 3.43. The van der Waals surface area contributed by atoms with Gasteiger partial charge in [-0.2, -0.15) is 0 Å². The van der Waals surface area contributed by atoms with Crippen LogP contribution in [0.3, 0.4) is 0 Å². The minimum Gasteiger partial charge on any atom is -0.335 e. The molecule has 1 aromatic carbocycles. The zero-order valence-corrected chi connectivity index (χ0v) is 12.6. The van der Waals surface area contributed by atoms with Crippen molar-refractivity contribution < 1.29 is 4.79 Å². The van der Waals surface area contributed by atoms with E-state index in [1.165, 1.54) is 5.56 Å². The zero-order valence-electron chi connectivity index (χ0n) is 12.6. The lowest BCUT2D eigenvalue weighted by Crippen LogP contribution is -2.52. The molecule has 0 radical (unpaired) electrons. The first-order valence-electron chi connectivity index (χ1n) is 7.96. The van der Waals surface area contributed by atoms with E-state index in [9.17, 15) is 4.79 Å². The number of hydrogen-bond acceptors (Lipinski definition) is 2. The lowest BCUT2D eigenvalue weighted by Gasteiger charge is -2.40. The van der Waals surface area contributed by atoms with Gasteiger partial charge in [0.15, 0.2) is 0 Å². The number of carbonyl (C=O) groups excluding carboxylic acids is 1. The number of carbonyl (C=O) groups is 1. The van der Waals surface area contributed by atoms with Crippen molar-refractivity contribution in [3.63, 3.8) is 0 Å². The van der Waals surface area contributed by atoms with Crippen LogP contribution in [0, 0.1) is 0 Å². The van der Waals surface area contributed by atoms with Crippen LogP contribution in [0.5, 0.6) is 0 Å². The summed E-state index contributed by atoms with van der Waals surface area (Å²) in [5, 5.41) is 3.39. The Balaban J connectivity index is 1.94. The van der Waals surface area contributed by atoms with Crippen molar-refractivity contribution in [1.82, 2.24) is 10.2 Å². The largest absolute Gasteiger partial charge is 0.335 e. The topological polar surface area (TPSA) is 32.3 Å². The molecule has 0 atom stereocenters. The highest BCUT2D eigenvalue weighted by molar-refractivity contribution is 5.89. The molecule has 1 amide bonds. The average Bonchev–Trinajstić information content (AvgIpc) is 3.38. The highest BCUT2D eigenvalue weighted by Crippen LogP contribution is 2.38. The predicted molar refractivity (Wildman–Crippen MR) is 85.2 cm³/mol. The molecule has 1 aliphatic heterocycles. The standard InChI is InChI=1S/C18H24N2O/c1-2-14-20(16-8-9-16)17(21)18(10-12-19-13-11-18)15-6-4-3-5-7-15/h2-7,16,19H,1,8-14H2. The molecule has 2 fully saturated rings. The third-order valence-corrected chi connectivity index (χ3v) is 4.77. The summed E-state index contributed by atoms with van der Waals surface area (Å²) >= 11 is 0. The van der Waals surface area contributed by atoms with Crippen molar-refractivity contribution >= 4 is 5.91 Å². The van der Waals surface area contributed by atoms with Gasteiger partial charge in [-0.1, -0.05) is 36.4 Å². The molecular formula is C18H24N2O. The Hall–Kier alpha value is -1.61. The average molecular weight is 284 g/mol. The lowest BCUT2D eigenvalue weighted by atomic mass is 9.72. The Bertz CT molecular complexity index is 501. The van der Waals surface area contributed by atoms with Gasteiger partial charge < -0.3 is 10.2 Å². The molecule has 0 spiro atoms. The molecule has 1 saturated heterocycles. The maximum Gasteiger partial charge on any atom is 0.233 e. The summed E-state index contributed by atoms with van der Waals surface area (Å²) in [6, 6.07) is 10.8. The molecule has 0 aromatic heterocycles. The molecule has 1 saturated carbocycles. The first kappa shape index (κ1) is 14.3. The second-order valence-electron chi connectivity index (χ2n) is 6.18. The third kappa shape index (κ3) is 2.75. The number of amides is 1. The molecule has 1 aliphatic carbocycles. The number of rotatable bonds is 5. The van der Waals surface area contributed by atoms with Crippen LogP contribution in [0.2, 0.25) is 0 Å². The summed E-state index contributed by atoms with van der Waals surface area (Å²) in [5.41, 5.74) is 0.823. The van der Waals surface area contributed by atoms with E-state index in [1.807, 2.05) is 24.3 Å². The number of piperidine rings is 1. The van der Waals surface area contributed by atoms with Gasteiger partial charge in [-0.05, 0) is 44.3 Å². The van der Waals surface area contributed by atoms with Crippen LogP contribution in [0.25, 0.3) is 0 Å². The Morgan fingerprint density at radius 2 is 1.95 bits per heavy atom. The minimum absolute atomic E-state index is 0.303. The number of hydrogen-bond donors (Lipinski definition) is 1. The van der Waals surface area contributed by atoms with Crippen molar-refractivity contribution in [1.29, 1.82) is 0 Å². The first-order valence-corrected chi connectivity index (χ1v) is 7.96. The Morgan fingerprint density at radius 3 is 2.52 bits per heavy atom. The van der Waals surface area contributed by atoms with Gasteiger partial charge in [0.1, 0.15) is 0 Å². The molecule has 0 unspecified atom stereocenters. The van der Waals surface area contributed by atoms with E-state index >= 15 is 0 Å². The Kier molecular flexibility index (Phi) is 4.11. The van der Waals surface area contributed by atoms with Gasteiger partial charge in [-0.15, -0.1) is 6.58 Å². The van der Waals surface area contributed by atoms with E-state index in [4.69, 9.17) is 0 Å². The van der Waals surface area contributed by atoms with E-state index in [0.29, 0.717) is 18.5 Å². The summed E-state index contributed by atoms with van der Waals surface area (Å²) in [5.74, 6) is 0.303. The smallest absolute Gasteiger partial charge is 0.233 e. The second kappa shape index (κ2) is 6.02. The molecule has 21 heavy (non-hydrogen) atoms. The highest BCUT2D eigenvalue weighted by Gasteiger charge is 2.46. The van der Waals surface area contributed by atoms with Crippen LogP contribution < -0.4 is 5.32 Å². The molecule has 3 heteroatoms. The molecule has 1 heterocycles. The van der Waals surface area contributed by atoms with Crippen LogP contribution in [-0.2, 0) is 10.2 Å². The summed E-state index contributed by atoms with van der Waals surface area (Å²) < 4.78 is 0.